The number of hydrogen-bond donors (Lipinski definition) is 1. The molecule has 0 atom stereocenters. The van der Waals surface area contributed by atoms with Crippen molar-refractivity contribution >= 4 is 39.2 Å². The van der Waals surface area contributed by atoms with Gasteiger partial charge in [0.15, 0.2) is 5.16 Å². The third-order valence-electron chi connectivity index (χ3n) is 4.79. The Morgan fingerprint density at radius 1 is 1.13 bits per heavy atom. The SMILES string of the molecule is Cc1ccc(-c2csc3c(=O)n(C)c(SCC(=O)NCc4ccccc4)nc23)cc1. The highest BCUT2D eigenvalue weighted by atomic mass is 32.2. The molecule has 0 aliphatic heterocycles. The Morgan fingerprint density at radius 3 is 2.60 bits per heavy atom. The van der Waals surface area contributed by atoms with E-state index in [0.717, 1.165) is 16.7 Å². The molecule has 0 saturated heterocycles. The summed E-state index contributed by atoms with van der Waals surface area (Å²) in [6.07, 6.45) is 0. The van der Waals surface area contributed by atoms with E-state index in [1.807, 2.05) is 66.9 Å². The van der Waals surface area contributed by atoms with Crippen molar-refractivity contribution in [3.05, 3.63) is 81.5 Å². The van der Waals surface area contributed by atoms with E-state index in [9.17, 15) is 9.59 Å². The molecule has 0 spiro atoms. The van der Waals surface area contributed by atoms with Gasteiger partial charge in [0.1, 0.15) is 4.70 Å². The van der Waals surface area contributed by atoms with Crippen LogP contribution in [0.25, 0.3) is 21.3 Å². The summed E-state index contributed by atoms with van der Waals surface area (Å²) >= 11 is 2.68. The van der Waals surface area contributed by atoms with Crippen LogP contribution in [0.1, 0.15) is 11.1 Å². The van der Waals surface area contributed by atoms with E-state index in [2.05, 4.69) is 5.32 Å². The second-order valence-electron chi connectivity index (χ2n) is 7.00. The minimum absolute atomic E-state index is 0.0874. The molecule has 0 unspecified atom stereocenters. The van der Waals surface area contributed by atoms with Gasteiger partial charge in [0.25, 0.3) is 5.56 Å². The van der Waals surface area contributed by atoms with E-state index < -0.39 is 0 Å². The fourth-order valence-corrected chi connectivity index (χ4v) is 4.85. The zero-order valence-corrected chi connectivity index (χ0v) is 18.3. The van der Waals surface area contributed by atoms with Crippen molar-refractivity contribution < 1.29 is 4.79 Å². The summed E-state index contributed by atoms with van der Waals surface area (Å²) in [4.78, 5) is 29.8. The van der Waals surface area contributed by atoms with Crippen LogP contribution in [0, 0.1) is 6.92 Å². The molecule has 1 amide bonds. The van der Waals surface area contributed by atoms with Gasteiger partial charge in [0, 0.05) is 24.5 Å². The smallest absolute Gasteiger partial charge is 0.271 e. The number of fused-ring (bicyclic) bond motifs is 1. The molecule has 7 heteroatoms. The van der Waals surface area contributed by atoms with Crippen molar-refractivity contribution in [3.63, 3.8) is 0 Å². The average molecular weight is 436 g/mol. The Kier molecular flexibility index (Phi) is 6.01. The Balaban J connectivity index is 1.54. The minimum atomic E-state index is -0.0951. The van der Waals surface area contributed by atoms with Crippen LogP contribution in [0.3, 0.4) is 0 Å². The summed E-state index contributed by atoms with van der Waals surface area (Å²) < 4.78 is 2.15. The van der Waals surface area contributed by atoms with Gasteiger partial charge in [-0.15, -0.1) is 11.3 Å². The molecule has 0 aliphatic rings. The van der Waals surface area contributed by atoms with Crippen LogP contribution in [0.15, 0.2) is 69.9 Å². The maximum atomic E-state index is 12.8. The second-order valence-corrected chi connectivity index (χ2v) is 8.82. The Hall–Kier alpha value is -2.90. The second kappa shape index (κ2) is 8.85. The number of hydrogen-bond acceptors (Lipinski definition) is 5. The predicted octanol–water partition coefficient (Wildman–Crippen LogP) is 4.38. The summed E-state index contributed by atoms with van der Waals surface area (Å²) in [6.45, 7) is 2.52. The van der Waals surface area contributed by atoms with Crippen molar-refractivity contribution in [2.75, 3.05) is 5.75 Å². The van der Waals surface area contributed by atoms with Crippen LogP contribution in [0.2, 0.25) is 0 Å². The molecule has 2 aromatic carbocycles. The fourth-order valence-electron chi connectivity index (χ4n) is 3.07. The molecule has 2 aromatic heterocycles. The molecule has 4 rings (SSSR count). The first-order valence-electron chi connectivity index (χ1n) is 9.51. The summed E-state index contributed by atoms with van der Waals surface area (Å²) in [7, 11) is 1.70. The topological polar surface area (TPSA) is 64.0 Å². The van der Waals surface area contributed by atoms with Gasteiger partial charge in [-0.2, -0.15) is 0 Å². The number of nitrogens with zero attached hydrogens (tertiary/aromatic N) is 2. The summed E-state index contributed by atoms with van der Waals surface area (Å²) in [5, 5.41) is 5.42. The summed E-state index contributed by atoms with van der Waals surface area (Å²) in [5.74, 6) is 0.102. The molecule has 1 N–H and O–H groups in total. The van der Waals surface area contributed by atoms with Crippen molar-refractivity contribution in [2.24, 2.45) is 7.05 Å². The van der Waals surface area contributed by atoms with Gasteiger partial charge in [-0.3, -0.25) is 14.2 Å². The first-order valence-corrected chi connectivity index (χ1v) is 11.4. The van der Waals surface area contributed by atoms with Gasteiger partial charge in [0.05, 0.1) is 11.3 Å². The number of aryl methyl sites for hydroxylation is 1. The maximum absolute atomic E-state index is 12.8. The van der Waals surface area contributed by atoms with E-state index in [1.165, 1.54) is 33.2 Å². The lowest BCUT2D eigenvalue weighted by molar-refractivity contribution is -0.118. The van der Waals surface area contributed by atoms with E-state index in [1.54, 1.807) is 7.05 Å². The monoisotopic (exact) mass is 435 g/mol. The molecule has 0 bridgehead atoms. The van der Waals surface area contributed by atoms with Crippen molar-refractivity contribution in [1.82, 2.24) is 14.9 Å². The number of thioether (sulfide) groups is 1. The number of rotatable bonds is 6. The highest BCUT2D eigenvalue weighted by Gasteiger charge is 2.16. The van der Waals surface area contributed by atoms with Crippen LogP contribution in [0.4, 0.5) is 0 Å². The van der Waals surface area contributed by atoms with Gasteiger partial charge in [-0.25, -0.2) is 4.98 Å². The number of nitrogens with one attached hydrogen (secondary N) is 1. The lowest BCUT2D eigenvalue weighted by Crippen LogP contribution is -2.25. The van der Waals surface area contributed by atoms with Crippen molar-refractivity contribution in [1.29, 1.82) is 0 Å². The molecular weight excluding hydrogens is 414 g/mol. The zero-order chi connectivity index (χ0) is 21.1. The predicted molar refractivity (Wildman–Crippen MR) is 124 cm³/mol. The van der Waals surface area contributed by atoms with Crippen LogP contribution in [-0.2, 0) is 18.4 Å². The Morgan fingerprint density at radius 2 is 1.87 bits per heavy atom. The largest absolute Gasteiger partial charge is 0.351 e. The van der Waals surface area contributed by atoms with Gasteiger partial charge in [-0.1, -0.05) is 71.9 Å². The third kappa shape index (κ3) is 4.32. The van der Waals surface area contributed by atoms with Crippen LogP contribution in [0.5, 0.6) is 0 Å². The highest BCUT2D eigenvalue weighted by molar-refractivity contribution is 7.99. The lowest BCUT2D eigenvalue weighted by atomic mass is 10.1. The van der Waals surface area contributed by atoms with Gasteiger partial charge in [-0.05, 0) is 18.1 Å². The zero-order valence-electron chi connectivity index (χ0n) is 16.7. The van der Waals surface area contributed by atoms with Gasteiger partial charge in [0.2, 0.25) is 5.91 Å². The molecule has 2 heterocycles. The molecule has 152 valence electrons. The van der Waals surface area contributed by atoms with Crippen molar-refractivity contribution in [2.45, 2.75) is 18.6 Å². The molecule has 0 saturated carbocycles. The average Bonchev–Trinajstić information content (AvgIpc) is 3.19. The quantitative estimate of drug-likeness (QED) is 0.361. The number of carbonyl (C=O) groups excluding carboxylic acids is 1. The lowest BCUT2D eigenvalue weighted by Gasteiger charge is -2.09. The standard InChI is InChI=1S/C23H21N3O2S2/c1-15-8-10-17(11-9-15)18-13-29-21-20(18)25-23(26(2)22(21)28)30-14-19(27)24-12-16-6-4-3-5-7-16/h3-11,13H,12,14H2,1-2H3,(H,24,27). The van der Waals surface area contributed by atoms with Gasteiger partial charge < -0.3 is 5.32 Å². The van der Waals surface area contributed by atoms with Crippen molar-refractivity contribution in [3.8, 4) is 11.1 Å². The van der Waals surface area contributed by atoms with E-state index in [-0.39, 0.29) is 17.2 Å². The number of aromatic nitrogens is 2. The van der Waals surface area contributed by atoms with Crippen LogP contribution < -0.4 is 10.9 Å². The Labute approximate surface area is 182 Å². The van der Waals surface area contributed by atoms with Crippen LogP contribution in [-0.4, -0.2) is 21.2 Å². The highest BCUT2D eigenvalue weighted by Crippen LogP contribution is 2.32. The molecular formula is C23H21N3O2S2. The number of amides is 1. The van der Waals surface area contributed by atoms with E-state index in [4.69, 9.17) is 4.98 Å². The number of carbonyl (C=O) groups is 1. The fraction of sp³-hybridized carbons (Fsp3) is 0.174. The molecule has 4 aromatic rings. The molecule has 0 aliphatic carbocycles. The number of thiophene rings is 1. The first kappa shape index (κ1) is 20.4. The molecule has 5 nitrogen and oxygen atoms in total. The van der Waals surface area contributed by atoms with E-state index in [0.29, 0.717) is 21.9 Å². The Bertz CT molecular complexity index is 1250. The molecule has 0 fully saturated rings. The normalized spacial score (nSPS) is 11.0. The molecule has 0 radical (unpaired) electrons. The van der Waals surface area contributed by atoms with Gasteiger partial charge >= 0.3 is 0 Å². The number of benzene rings is 2. The van der Waals surface area contributed by atoms with Crippen LogP contribution >= 0.6 is 23.1 Å². The summed E-state index contributed by atoms with van der Waals surface area (Å²) in [6, 6.07) is 17.9. The maximum Gasteiger partial charge on any atom is 0.271 e. The first-order chi connectivity index (χ1) is 14.5. The third-order valence-corrected chi connectivity index (χ3v) is 6.77. The molecule has 30 heavy (non-hydrogen) atoms. The minimum Gasteiger partial charge on any atom is -0.351 e. The summed E-state index contributed by atoms with van der Waals surface area (Å²) in [5.41, 5.74) is 4.81. The van der Waals surface area contributed by atoms with E-state index >= 15 is 0 Å².